The molecule has 1 amide bonds. The number of hydrogen-bond donors (Lipinski definition) is 1. The van der Waals surface area contributed by atoms with Gasteiger partial charge in [0.2, 0.25) is 5.82 Å². The van der Waals surface area contributed by atoms with Crippen molar-refractivity contribution in [2.75, 3.05) is 19.0 Å². The van der Waals surface area contributed by atoms with E-state index in [9.17, 15) is 14.0 Å². The Hall–Kier alpha value is -5.48. The van der Waals surface area contributed by atoms with Crippen LogP contribution in [0, 0.1) is 5.82 Å². The summed E-state index contributed by atoms with van der Waals surface area (Å²) in [6, 6.07) is 24.5. The summed E-state index contributed by atoms with van der Waals surface area (Å²) < 4.78 is 31.6. The van der Waals surface area contributed by atoms with Crippen molar-refractivity contribution in [1.82, 2.24) is 9.66 Å². The van der Waals surface area contributed by atoms with Crippen molar-refractivity contribution in [3.63, 3.8) is 0 Å². The Morgan fingerprint density at radius 3 is 2.67 bits per heavy atom. The zero-order valence-corrected chi connectivity index (χ0v) is 23.3. The molecule has 0 fully saturated rings. The van der Waals surface area contributed by atoms with Gasteiger partial charge in [-0.3, -0.25) is 9.59 Å². The van der Waals surface area contributed by atoms with Gasteiger partial charge in [-0.1, -0.05) is 35.9 Å². The lowest BCUT2D eigenvalue weighted by atomic mass is 10.2. The third-order valence-corrected chi connectivity index (χ3v) is 6.76. The molecule has 0 saturated carbocycles. The molecule has 0 aliphatic carbocycles. The number of halogens is 2. The molecule has 0 saturated heterocycles. The van der Waals surface area contributed by atoms with E-state index in [0.29, 0.717) is 39.2 Å². The molecule has 2 heterocycles. The van der Waals surface area contributed by atoms with Gasteiger partial charge in [-0.05, 0) is 72.3 Å². The number of carbonyl (C=O) groups is 1. The van der Waals surface area contributed by atoms with Gasteiger partial charge in [-0.25, -0.2) is 9.37 Å². The lowest BCUT2D eigenvalue weighted by Crippen LogP contribution is -2.20. The molecule has 0 atom stereocenters. The minimum Gasteiger partial charge on any atom is -0.496 e. The maximum absolute atomic E-state index is 13.5. The highest BCUT2D eigenvalue weighted by Gasteiger charge is 2.18. The van der Waals surface area contributed by atoms with E-state index in [4.69, 9.17) is 25.5 Å². The maximum Gasteiger partial charge on any atom is 0.282 e. The number of nitrogens with one attached hydrogen (secondary N) is 1. The highest BCUT2D eigenvalue weighted by Crippen LogP contribution is 2.33. The predicted octanol–water partition coefficient (Wildman–Crippen LogP) is 6.51. The van der Waals surface area contributed by atoms with E-state index in [1.54, 1.807) is 73.8 Å². The Labute approximate surface area is 248 Å². The van der Waals surface area contributed by atoms with Crippen LogP contribution in [0.5, 0.6) is 11.5 Å². The van der Waals surface area contributed by atoms with Gasteiger partial charge in [0.05, 0.1) is 34.6 Å². The van der Waals surface area contributed by atoms with E-state index in [2.05, 4.69) is 15.4 Å². The Morgan fingerprint density at radius 1 is 1.02 bits per heavy atom. The first-order valence-corrected chi connectivity index (χ1v) is 13.4. The second-order valence-corrected chi connectivity index (χ2v) is 9.74. The number of nitrogens with zero attached hydrogens (tertiary/aromatic N) is 3. The van der Waals surface area contributed by atoms with Crippen LogP contribution >= 0.6 is 11.6 Å². The zero-order chi connectivity index (χ0) is 29.9. The topological polar surface area (TPSA) is 108 Å². The van der Waals surface area contributed by atoms with Crippen LogP contribution in [0.1, 0.15) is 5.56 Å². The Morgan fingerprint density at radius 2 is 1.86 bits per heavy atom. The minimum atomic E-state index is -0.480. The van der Waals surface area contributed by atoms with Crippen LogP contribution in [0.25, 0.3) is 33.5 Å². The molecule has 43 heavy (non-hydrogen) atoms. The number of hydrogen-bond acceptors (Lipinski definition) is 7. The smallest absolute Gasteiger partial charge is 0.282 e. The number of furan rings is 1. The predicted molar refractivity (Wildman–Crippen MR) is 163 cm³/mol. The van der Waals surface area contributed by atoms with Gasteiger partial charge in [-0.15, -0.1) is 0 Å². The molecular weight excluding hydrogens is 575 g/mol. The fourth-order valence-corrected chi connectivity index (χ4v) is 4.70. The number of para-hydroxylation sites is 1. The monoisotopic (exact) mass is 596 g/mol. The highest BCUT2D eigenvalue weighted by atomic mass is 35.5. The standard InChI is InChI=1S/C32H22ClFN4O5/c1-41-26-10-5-11-27-23(26)16-29(43-27)31-37-25-9-3-2-8-22(25)32(40)38(31)35-17-19-12-13-28(24(33)14-19)42-18-30(39)36-21-7-4-6-20(34)15-21/h2-17H,18H2,1H3,(H,36,39). The second kappa shape index (κ2) is 11.8. The van der Waals surface area contributed by atoms with Crippen LogP contribution in [0.4, 0.5) is 10.1 Å². The molecule has 0 aliphatic heterocycles. The quantitative estimate of drug-likeness (QED) is 0.201. The Kier molecular flexibility index (Phi) is 7.59. The molecule has 9 nitrogen and oxygen atoms in total. The summed E-state index contributed by atoms with van der Waals surface area (Å²) in [4.78, 5) is 30.5. The van der Waals surface area contributed by atoms with E-state index < -0.39 is 11.7 Å². The summed E-state index contributed by atoms with van der Waals surface area (Å²) in [6.45, 7) is -0.340. The first kappa shape index (κ1) is 27.7. The number of methoxy groups -OCH3 is 1. The fraction of sp³-hybridized carbons (Fsp3) is 0.0625. The van der Waals surface area contributed by atoms with Gasteiger partial charge in [0, 0.05) is 5.69 Å². The van der Waals surface area contributed by atoms with Crippen molar-refractivity contribution in [2.24, 2.45) is 5.10 Å². The average Bonchev–Trinajstić information content (AvgIpc) is 3.45. The number of benzene rings is 4. The molecule has 0 bridgehead atoms. The summed E-state index contributed by atoms with van der Waals surface area (Å²) in [5, 5.41) is 8.33. The van der Waals surface area contributed by atoms with E-state index >= 15 is 0 Å². The summed E-state index contributed by atoms with van der Waals surface area (Å²) >= 11 is 6.41. The van der Waals surface area contributed by atoms with Crippen LogP contribution in [0.15, 0.2) is 105 Å². The number of carbonyl (C=O) groups excluding carboxylic acids is 1. The van der Waals surface area contributed by atoms with Gasteiger partial charge < -0.3 is 19.2 Å². The van der Waals surface area contributed by atoms with Crippen molar-refractivity contribution >= 4 is 51.3 Å². The van der Waals surface area contributed by atoms with Gasteiger partial charge >= 0.3 is 0 Å². The molecule has 1 N–H and O–H groups in total. The largest absolute Gasteiger partial charge is 0.496 e. The summed E-state index contributed by atoms with van der Waals surface area (Å²) in [7, 11) is 1.57. The number of amides is 1. The van der Waals surface area contributed by atoms with Crippen LogP contribution in [0.2, 0.25) is 5.02 Å². The first-order valence-electron chi connectivity index (χ1n) is 13.0. The fourth-order valence-electron chi connectivity index (χ4n) is 4.46. The molecular formula is C32H22ClFN4O5. The molecule has 0 radical (unpaired) electrons. The van der Waals surface area contributed by atoms with E-state index in [1.165, 1.54) is 29.1 Å². The number of rotatable bonds is 8. The third kappa shape index (κ3) is 5.81. The molecule has 214 valence electrons. The average molecular weight is 597 g/mol. The van der Waals surface area contributed by atoms with Crippen molar-refractivity contribution < 1.29 is 23.1 Å². The molecule has 0 unspecified atom stereocenters. The normalized spacial score (nSPS) is 11.3. The number of ether oxygens (including phenoxy) is 2. The summed E-state index contributed by atoms with van der Waals surface area (Å²) in [5.74, 6) is 0.465. The van der Waals surface area contributed by atoms with Crippen LogP contribution in [-0.4, -0.2) is 35.5 Å². The highest BCUT2D eigenvalue weighted by molar-refractivity contribution is 6.32. The molecule has 2 aromatic heterocycles. The van der Waals surface area contributed by atoms with E-state index in [0.717, 1.165) is 5.39 Å². The molecule has 0 aliphatic rings. The first-order chi connectivity index (χ1) is 20.9. The number of fused-ring (bicyclic) bond motifs is 2. The van der Waals surface area contributed by atoms with Crippen molar-refractivity contribution in [3.05, 3.63) is 118 Å². The summed E-state index contributed by atoms with van der Waals surface area (Å²) in [6.07, 6.45) is 1.46. The van der Waals surface area contributed by atoms with Gasteiger partial charge in [0.15, 0.2) is 12.4 Å². The molecule has 4 aromatic carbocycles. The summed E-state index contributed by atoms with van der Waals surface area (Å²) in [5.41, 5.74) is 1.54. The number of anilines is 1. The zero-order valence-electron chi connectivity index (χ0n) is 22.6. The molecule has 0 spiro atoms. The SMILES string of the molecule is COc1cccc2oc(-c3nc4ccccc4c(=O)n3N=Cc3ccc(OCC(=O)Nc4cccc(F)c4)c(Cl)c3)cc12. The third-order valence-electron chi connectivity index (χ3n) is 6.46. The lowest BCUT2D eigenvalue weighted by Gasteiger charge is -2.10. The van der Waals surface area contributed by atoms with Gasteiger partial charge in [-0.2, -0.15) is 9.78 Å². The van der Waals surface area contributed by atoms with Crippen molar-refractivity contribution in [2.45, 2.75) is 0 Å². The van der Waals surface area contributed by atoms with E-state index in [1.807, 2.05) is 6.07 Å². The minimum absolute atomic E-state index is 0.202. The van der Waals surface area contributed by atoms with Crippen LogP contribution in [-0.2, 0) is 4.79 Å². The maximum atomic E-state index is 13.5. The van der Waals surface area contributed by atoms with E-state index in [-0.39, 0.29) is 28.8 Å². The van der Waals surface area contributed by atoms with Crippen LogP contribution in [0.3, 0.4) is 0 Å². The molecule has 11 heteroatoms. The Balaban J connectivity index is 1.28. The molecule has 6 rings (SSSR count). The lowest BCUT2D eigenvalue weighted by molar-refractivity contribution is -0.118. The Bertz CT molecular complexity index is 2090. The van der Waals surface area contributed by atoms with Crippen molar-refractivity contribution in [3.8, 4) is 23.1 Å². The van der Waals surface area contributed by atoms with Crippen molar-refractivity contribution in [1.29, 1.82) is 0 Å². The molecule has 6 aromatic rings. The van der Waals surface area contributed by atoms with Gasteiger partial charge in [0.1, 0.15) is 22.9 Å². The number of aromatic nitrogens is 2. The van der Waals surface area contributed by atoms with Crippen LogP contribution < -0.4 is 20.3 Å². The second-order valence-electron chi connectivity index (χ2n) is 9.33. The van der Waals surface area contributed by atoms with Gasteiger partial charge in [0.25, 0.3) is 11.5 Å².